The van der Waals surface area contributed by atoms with Crippen LogP contribution >= 0.6 is 0 Å². The largest absolute Gasteiger partial charge is 0.456 e. The van der Waals surface area contributed by atoms with Gasteiger partial charge >= 0.3 is 5.97 Å². The van der Waals surface area contributed by atoms with Gasteiger partial charge in [0.15, 0.2) is 5.79 Å². The SMILES string of the molecule is C=CC[C@@H]1/C=C(\C)C[C@H](C)C[C@@H](OC)[C@H]2O[C@@](O)(CC(=O)N3CCCC[C@H]3C(=O)O[C@H](/C(C)=C/[C@@H]3CC[C@@H](O)[C@H](O)C3)[C@H](C)[C@@H](O)CC1=O)[C@H](C)C[C@@H]2OC. The monoisotopic (exact) mass is 775 g/mol. The molecule has 3 fully saturated rings. The second-order valence-electron chi connectivity index (χ2n) is 17.1. The lowest BCUT2D eigenvalue weighted by Crippen LogP contribution is -2.59. The zero-order valence-corrected chi connectivity index (χ0v) is 34.2. The quantitative estimate of drug-likeness (QED) is 0.216. The summed E-state index contributed by atoms with van der Waals surface area (Å²) in [7, 11) is 3.20. The number of ketones is 1. The molecule has 12 nitrogen and oxygen atoms in total. The zero-order valence-electron chi connectivity index (χ0n) is 34.2. The lowest BCUT2D eigenvalue weighted by Gasteiger charge is -2.48. The van der Waals surface area contributed by atoms with Gasteiger partial charge in [0.25, 0.3) is 0 Å². The van der Waals surface area contributed by atoms with Gasteiger partial charge in [-0.2, -0.15) is 0 Å². The fourth-order valence-corrected chi connectivity index (χ4v) is 9.27. The molecule has 3 aliphatic heterocycles. The molecule has 2 saturated heterocycles. The molecule has 1 saturated carbocycles. The number of amides is 1. The van der Waals surface area contributed by atoms with Crippen molar-refractivity contribution < 1.29 is 53.8 Å². The third-order valence-electron chi connectivity index (χ3n) is 12.7. The Balaban J connectivity index is 1.74. The number of cyclic esters (lactones) is 1. The molecule has 1 amide bonds. The van der Waals surface area contributed by atoms with Crippen molar-refractivity contribution >= 4 is 17.7 Å². The normalized spacial score (nSPS) is 42.0. The van der Waals surface area contributed by atoms with Crippen LogP contribution in [-0.2, 0) is 33.3 Å². The Labute approximate surface area is 328 Å². The van der Waals surface area contributed by atoms with E-state index in [1.807, 2.05) is 32.9 Å². The predicted molar refractivity (Wildman–Crippen MR) is 207 cm³/mol. The third kappa shape index (κ3) is 11.6. The summed E-state index contributed by atoms with van der Waals surface area (Å²) in [5.41, 5.74) is 1.66. The number of nitrogens with zero attached hydrogens (tertiary/aromatic N) is 1. The number of aliphatic hydroxyl groups excluding tert-OH is 3. The van der Waals surface area contributed by atoms with Crippen LogP contribution in [0, 0.1) is 29.6 Å². The van der Waals surface area contributed by atoms with Crippen molar-refractivity contribution in [3.63, 3.8) is 0 Å². The summed E-state index contributed by atoms with van der Waals surface area (Å²) < 4.78 is 24.6. The summed E-state index contributed by atoms with van der Waals surface area (Å²) in [5.74, 6) is -4.72. The van der Waals surface area contributed by atoms with E-state index in [0.29, 0.717) is 76.3 Å². The number of hydrogen-bond acceptors (Lipinski definition) is 11. The Morgan fingerprint density at radius 3 is 2.31 bits per heavy atom. The first-order valence-corrected chi connectivity index (χ1v) is 20.5. The molecule has 1 aliphatic carbocycles. The maximum absolute atomic E-state index is 14.2. The predicted octanol–water partition coefficient (Wildman–Crippen LogP) is 4.81. The molecule has 14 atom stereocenters. The first-order valence-electron chi connectivity index (χ1n) is 20.5. The number of esters is 1. The highest BCUT2D eigenvalue weighted by Crippen LogP contribution is 2.40. The molecule has 312 valence electrons. The minimum Gasteiger partial charge on any atom is -0.456 e. The highest BCUT2D eigenvalue weighted by atomic mass is 16.7. The summed E-state index contributed by atoms with van der Waals surface area (Å²) in [5, 5.41) is 44.2. The number of piperidine rings is 1. The van der Waals surface area contributed by atoms with Gasteiger partial charge in [0.1, 0.15) is 24.0 Å². The number of hydrogen-bond donors (Lipinski definition) is 4. The van der Waals surface area contributed by atoms with Crippen LogP contribution < -0.4 is 0 Å². The standard InChI is InChI=1S/C43H69NO11/c1-9-12-31-18-25(2)17-26(3)19-37(52-7)41-38(53-8)21-28(5)43(51,55-41)24-39(49)44-16-11-10-13-32(44)42(50)54-40(29(6)34(46)23-35(31)47)27(4)20-30-14-15-33(45)36(48)22-30/h9,18,20,26,28-34,36-38,40-41,45-46,48,51H,1,10-17,19,21-24H2,2-8H3/b25-18+,27-20+/t26-,28+,29+,30-,31+,32-,33+,34-,36+,37+,38-,40+,41+,43-/m0/s1. The van der Waals surface area contributed by atoms with E-state index in [0.717, 1.165) is 5.57 Å². The van der Waals surface area contributed by atoms with Gasteiger partial charge in [-0.05, 0) is 95.5 Å². The summed E-state index contributed by atoms with van der Waals surface area (Å²) >= 11 is 0. The van der Waals surface area contributed by atoms with Gasteiger partial charge in [0.05, 0.1) is 36.9 Å². The minimum absolute atomic E-state index is 0.0917. The Morgan fingerprint density at radius 1 is 0.964 bits per heavy atom. The number of carbonyl (C=O) groups excluding carboxylic acids is 3. The van der Waals surface area contributed by atoms with Crippen molar-refractivity contribution in [1.82, 2.24) is 4.90 Å². The number of aliphatic hydroxyl groups is 4. The molecule has 55 heavy (non-hydrogen) atoms. The molecule has 0 unspecified atom stereocenters. The van der Waals surface area contributed by atoms with Gasteiger partial charge in [-0.25, -0.2) is 4.79 Å². The van der Waals surface area contributed by atoms with Gasteiger partial charge in [-0.1, -0.05) is 44.6 Å². The maximum Gasteiger partial charge on any atom is 0.329 e. The second kappa shape index (κ2) is 20.3. The molecule has 2 bridgehead atoms. The number of methoxy groups -OCH3 is 2. The van der Waals surface area contributed by atoms with Crippen molar-refractivity contribution in [3.05, 3.63) is 36.0 Å². The van der Waals surface area contributed by atoms with Gasteiger partial charge in [-0.15, -0.1) is 6.58 Å². The smallest absolute Gasteiger partial charge is 0.329 e. The van der Waals surface area contributed by atoms with Crippen molar-refractivity contribution in [2.24, 2.45) is 29.6 Å². The van der Waals surface area contributed by atoms with Gasteiger partial charge < -0.3 is 44.3 Å². The van der Waals surface area contributed by atoms with Crippen molar-refractivity contribution in [1.29, 1.82) is 0 Å². The molecular weight excluding hydrogens is 706 g/mol. The summed E-state index contributed by atoms with van der Waals surface area (Å²) in [6.45, 7) is 13.7. The zero-order chi connectivity index (χ0) is 40.6. The number of allylic oxidation sites excluding steroid dienone is 4. The minimum atomic E-state index is -1.84. The highest BCUT2D eigenvalue weighted by Gasteiger charge is 2.51. The van der Waals surface area contributed by atoms with Gasteiger partial charge in [0, 0.05) is 44.9 Å². The van der Waals surface area contributed by atoms with Crippen LogP contribution in [0.1, 0.15) is 112 Å². The molecular formula is C43H69NO11. The number of carbonyl (C=O) groups is 3. The Kier molecular flexibility index (Phi) is 16.7. The van der Waals surface area contributed by atoms with Gasteiger partial charge in [0.2, 0.25) is 5.91 Å². The average molecular weight is 776 g/mol. The van der Waals surface area contributed by atoms with Crippen molar-refractivity contribution in [2.45, 2.75) is 166 Å². The molecule has 3 heterocycles. The third-order valence-corrected chi connectivity index (χ3v) is 12.7. The first kappa shape index (κ1) is 45.3. The molecule has 0 aromatic heterocycles. The molecule has 12 heteroatoms. The number of ether oxygens (including phenoxy) is 4. The lowest BCUT2D eigenvalue weighted by atomic mass is 9.81. The van der Waals surface area contributed by atoms with Crippen molar-refractivity contribution in [2.75, 3.05) is 20.8 Å². The van der Waals surface area contributed by atoms with E-state index in [4.69, 9.17) is 18.9 Å². The number of fused-ring (bicyclic) bond motifs is 3. The molecule has 4 aliphatic rings. The Morgan fingerprint density at radius 2 is 1.65 bits per heavy atom. The van der Waals surface area contributed by atoms with Crippen LogP contribution in [0.2, 0.25) is 0 Å². The maximum atomic E-state index is 14.2. The van der Waals surface area contributed by atoms with Crippen LogP contribution in [0.15, 0.2) is 36.0 Å². The summed E-state index contributed by atoms with van der Waals surface area (Å²) in [6.07, 6.45) is 4.95. The van der Waals surface area contributed by atoms with E-state index in [9.17, 15) is 34.8 Å². The second-order valence-corrected chi connectivity index (χ2v) is 17.1. The van der Waals surface area contributed by atoms with E-state index >= 15 is 0 Å². The fourth-order valence-electron chi connectivity index (χ4n) is 9.27. The van der Waals surface area contributed by atoms with Crippen molar-refractivity contribution in [3.8, 4) is 0 Å². The van der Waals surface area contributed by atoms with Crippen LogP contribution in [0.25, 0.3) is 0 Å². The van der Waals surface area contributed by atoms with Crippen LogP contribution in [-0.4, -0.2) is 118 Å². The van der Waals surface area contributed by atoms with Gasteiger partial charge in [-0.3, -0.25) is 9.59 Å². The molecule has 0 radical (unpaired) electrons. The molecule has 4 rings (SSSR count). The average Bonchev–Trinajstić information content (AvgIpc) is 3.14. The fraction of sp³-hybridized carbons (Fsp3) is 0.791. The van der Waals surface area contributed by atoms with E-state index in [2.05, 4.69) is 13.5 Å². The Bertz CT molecular complexity index is 1380. The summed E-state index contributed by atoms with van der Waals surface area (Å²) in [6, 6.07) is -0.925. The van der Waals surface area contributed by atoms with E-state index in [1.165, 1.54) is 4.90 Å². The molecule has 0 aromatic rings. The summed E-state index contributed by atoms with van der Waals surface area (Å²) in [4.78, 5) is 43.8. The number of Topliss-reactive ketones (excluding diaryl/α,β-unsaturated/α-hetero) is 1. The van der Waals surface area contributed by atoms with Crippen LogP contribution in [0.4, 0.5) is 0 Å². The molecule has 4 N–H and O–H groups in total. The van der Waals surface area contributed by atoms with E-state index in [1.54, 1.807) is 27.2 Å². The van der Waals surface area contributed by atoms with Crippen LogP contribution in [0.3, 0.4) is 0 Å². The molecule has 0 aromatic carbocycles. The Hall–Kier alpha value is -2.45. The highest BCUT2D eigenvalue weighted by molar-refractivity contribution is 5.85. The van der Waals surface area contributed by atoms with Crippen LogP contribution in [0.5, 0.6) is 0 Å². The number of rotatable bonds is 6. The molecule has 0 spiro atoms. The van der Waals surface area contributed by atoms with E-state index in [-0.39, 0.29) is 30.5 Å². The topological polar surface area (TPSA) is 172 Å². The first-order chi connectivity index (χ1) is 26.0. The van der Waals surface area contributed by atoms with E-state index < -0.39 is 84.2 Å². The lowest BCUT2D eigenvalue weighted by molar-refractivity contribution is -0.321.